The molecule has 0 aliphatic carbocycles. The third kappa shape index (κ3) is 3.35. The van der Waals surface area contributed by atoms with Gasteiger partial charge >= 0.3 is 0 Å². The van der Waals surface area contributed by atoms with Gasteiger partial charge in [-0.3, -0.25) is 9.48 Å². The number of nitrogens with one attached hydrogen (secondary N) is 2. The molecule has 0 spiro atoms. The molecule has 1 aliphatic rings. The molecule has 1 fully saturated rings. The van der Waals surface area contributed by atoms with Crippen LogP contribution in [0, 0.1) is 6.92 Å². The Hall–Kier alpha value is -1.36. The molecular weight excluding hydrogens is 240 g/mol. The number of rotatable bonds is 2. The lowest BCUT2D eigenvalue weighted by Crippen LogP contribution is -2.45. The molecular formula is C14H24N4O. The molecule has 1 aliphatic heterocycles. The van der Waals surface area contributed by atoms with Crippen LogP contribution in [0.15, 0.2) is 6.07 Å². The zero-order valence-corrected chi connectivity index (χ0v) is 12.3. The number of aromatic nitrogens is 2. The van der Waals surface area contributed by atoms with Crippen molar-refractivity contribution in [2.45, 2.75) is 52.1 Å². The highest BCUT2D eigenvalue weighted by Crippen LogP contribution is 2.16. The number of nitrogens with zero attached hydrogens (tertiary/aromatic N) is 2. The molecule has 1 saturated heterocycles. The van der Waals surface area contributed by atoms with Gasteiger partial charge in [-0.1, -0.05) is 0 Å². The van der Waals surface area contributed by atoms with Gasteiger partial charge in [0.25, 0.3) is 5.91 Å². The fourth-order valence-electron chi connectivity index (χ4n) is 2.50. The zero-order valence-electron chi connectivity index (χ0n) is 12.3. The van der Waals surface area contributed by atoms with Crippen LogP contribution in [-0.4, -0.2) is 34.8 Å². The predicted molar refractivity (Wildman–Crippen MR) is 75.3 cm³/mol. The van der Waals surface area contributed by atoms with Gasteiger partial charge in [0.15, 0.2) is 0 Å². The third-order valence-electron chi connectivity index (χ3n) is 3.39. The van der Waals surface area contributed by atoms with E-state index in [-0.39, 0.29) is 17.5 Å². The Morgan fingerprint density at radius 3 is 2.79 bits per heavy atom. The van der Waals surface area contributed by atoms with Crippen molar-refractivity contribution in [1.29, 1.82) is 0 Å². The smallest absolute Gasteiger partial charge is 0.272 e. The Kier molecular flexibility index (Phi) is 3.94. The lowest BCUT2D eigenvalue weighted by molar-refractivity contribution is 0.0924. The summed E-state index contributed by atoms with van der Waals surface area (Å²) in [5.74, 6) is -0.0696. The molecule has 106 valence electrons. The zero-order chi connectivity index (χ0) is 14.0. The van der Waals surface area contributed by atoms with Crippen molar-refractivity contribution >= 4 is 5.91 Å². The van der Waals surface area contributed by atoms with Gasteiger partial charge in [0.2, 0.25) is 0 Å². The Morgan fingerprint density at radius 2 is 2.26 bits per heavy atom. The number of carbonyl (C=O) groups excluding carboxylic acids is 1. The van der Waals surface area contributed by atoms with E-state index in [0.29, 0.717) is 5.69 Å². The van der Waals surface area contributed by atoms with Crippen LogP contribution < -0.4 is 10.6 Å². The molecule has 2 N–H and O–H groups in total. The normalized spacial score (nSPS) is 20.3. The summed E-state index contributed by atoms with van der Waals surface area (Å²) < 4.78 is 1.90. The highest BCUT2D eigenvalue weighted by atomic mass is 16.2. The highest BCUT2D eigenvalue weighted by Gasteiger charge is 2.22. The maximum atomic E-state index is 12.2. The molecule has 5 nitrogen and oxygen atoms in total. The van der Waals surface area contributed by atoms with Crippen molar-refractivity contribution in [1.82, 2.24) is 20.4 Å². The molecule has 1 atom stereocenters. The van der Waals surface area contributed by atoms with Crippen molar-refractivity contribution < 1.29 is 4.79 Å². The van der Waals surface area contributed by atoms with E-state index in [1.54, 1.807) is 0 Å². The molecule has 0 saturated carbocycles. The van der Waals surface area contributed by atoms with Crippen LogP contribution in [0.4, 0.5) is 0 Å². The summed E-state index contributed by atoms with van der Waals surface area (Å²) in [4.78, 5) is 12.2. The number of piperidine rings is 1. The summed E-state index contributed by atoms with van der Waals surface area (Å²) in [6.45, 7) is 10.1. The molecule has 0 radical (unpaired) electrons. The van der Waals surface area contributed by atoms with Gasteiger partial charge in [-0.25, -0.2) is 0 Å². The molecule has 2 rings (SSSR count). The predicted octanol–water partition coefficient (Wildman–Crippen LogP) is 1.43. The van der Waals surface area contributed by atoms with E-state index >= 15 is 0 Å². The van der Waals surface area contributed by atoms with Crippen LogP contribution in [0.1, 0.15) is 49.8 Å². The van der Waals surface area contributed by atoms with Gasteiger partial charge in [-0.15, -0.1) is 0 Å². The van der Waals surface area contributed by atoms with Crippen LogP contribution in [-0.2, 0) is 5.54 Å². The quantitative estimate of drug-likeness (QED) is 0.849. The van der Waals surface area contributed by atoms with E-state index in [1.165, 1.54) is 0 Å². The highest BCUT2D eigenvalue weighted by molar-refractivity contribution is 5.92. The molecule has 2 heterocycles. The fraction of sp³-hybridized carbons (Fsp3) is 0.714. The number of amides is 1. The molecule has 0 aromatic carbocycles. The molecule has 0 unspecified atom stereocenters. The van der Waals surface area contributed by atoms with Crippen LogP contribution in [0.5, 0.6) is 0 Å². The minimum absolute atomic E-state index is 0.0696. The van der Waals surface area contributed by atoms with E-state index < -0.39 is 0 Å². The van der Waals surface area contributed by atoms with Gasteiger partial charge in [0.1, 0.15) is 5.69 Å². The van der Waals surface area contributed by atoms with Gasteiger partial charge in [0, 0.05) is 18.3 Å². The molecule has 1 amide bonds. The average Bonchev–Trinajstić information content (AvgIpc) is 2.72. The standard InChI is InChI=1S/C14H24N4O/c1-10-8-12(17-18(10)14(2,3)4)13(19)16-11-6-5-7-15-9-11/h8,11,15H,5-7,9H2,1-4H3,(H,16,19)/t11-/m0/s1. The van der Waals surface area contributed by atoms with Crippen LogP contribution >= 0.6 is 0 Å². The minimum atomic E-state index is -0.102. The Morgan fingerprint density at radius 1 is 1.53 bits per heavy atom. The van der Waals surface area contributed by atoms with Crippen molar-refractivity contribution in [3.63, 3.8) is 0 Å². The summed E-state index contributed by atoms with van der Waals surface area (Å²) in [5, 5.41) is 10.8. The van der Waals surface area contributed by atoms with Gasteiger partial charge in [0.05, 0.1) is 5.54 Å². The summed E-state index contributed by atoms with van der Waals surface area (Å²) in [6, 6.07) is 2.08. The Labute approximate surface area is 114 Å². The number of aryl methyl sites for hydroxylation is 1. The van der Waals surface area contributed by atoms with Crippen molar-refractivity contribution in [2.24, 2.45) is 0 Å². The maximum Gasteiger partial charge on any atom is 0.272 e. The summed E-state index contributed by atoms with van der Waals surface area (Å²) in [5.41, 5.74) is 1.42. The molecule has 0 bridgehead atoms. The summed E-state index contributed by atoms with van der Waals surface area (Å²) >= 11 is 0. The number of carbonyl (C=O) groups is 1. The van der Waals surface area contributed by atoms with Gasteiger partial charge < -0.3 is 10.6 Å². The first-order valence-electron chi connectivity index (χ1n) is 6.96. The number of hydrogen-bond donors (Lipinski definition) is 2. The summed E-state index contributed by atoms with van der Waals surface area (Å²) in [7, 11) is 0. The van der Waals surface area contributed by atoms with Crippen molar-refractivity contribution in [3.05, 3.63) is 17.5 Å². The van der Waals surface area contributed by atoms with E-state index in [1.807, 2.05) is 17.7 Å². The van der Waals surface area contributed by atoms with Gasteiger partial charge in [-0.05, 0) is 53.1 Å². The first-order chi connectivity index (χ1) is 8.88. The van der Waals surface area contributed by atoms with E-state index in [0.717, 1.165) is 31.6 Å². The second-order valence-corrected chi connectivity index (χ2v) is 6.27. The second-order valence-electron chi connectivity index (χ2n) is 6.27. The van der Waals surface area contributed by atoms with Crippen LogP contribution in [0.2, 0.25) is 0 Å². The van der Waals surface area contributed by atoms with E-state index in [4.69, 9.17) is 0 Å². The SMILES string of the molecule is Cc1cc(C(=O)N[C@H]2CCCNC2)nn1C(C)(C)C. The largest absolute Gasteiger partial charge is 0.347 e. The lowest BCUT2D eigenvalue weighted by atomic mass is 10.1. The fourth-order valence-corrected chi connectivity index (χ4v) is 2.50. The first-order valence-corrected chi connectivity index (χ1v) is 6.96. The topological polar surface area (TPSA) is 59.0 Å². The molecule has 1 aromatic rings. The monoisotopic (exact) mass is 264 g/mol. The molecule has 19 heavy (non-hydrogen) atoms. The van der Waals surface area contributed by atoms with E-state index in [9.17, 15) is 4.79 Å². The van der Waals surface area contributed by atoms with Crippen molar-refractivity contribution in [2.75, 3.05) is 13.1 Å². The Bertz CT molecular complexity index is 453. The Balaban J connectivity index is 2.07. The second kappa shape index (κ2) is 5.33. The number of hydrogen-bond acceptors (Lipinski definition) is 3. The average molecular weight is 264 g/mol. The van der Waals surface area contributed by atoms with Crippen LogP contribution in [0.25, 0.3) is 0 Å². The molecule has 5 heteroatoms. The van der Waals surface area contributed by atoms with E-state index in [2.05, 4.69) is 36.5 Å². The third-order valence-corrected chi connectivity index (χ3v) is 3.39. The minimum Gasteiger partial charge on any atom is -0.347 e. The first kappa shape index (κ1) is 14.1. The molecule has 1 aromatic heterocycles. The van der Waals surface area contributed by atoms with Crippen molar-refractivity contribution in [3.8, 4) is 0 Å². The van der Waals surface area contributed by atoms with Gasteiger partial charge in [-0.2, -0.15) is 5.10 Å². The lowest BCUT2D eigenvalue weighted by Gasteiger charge is -2.23. The maximum absolute atomic E-state index is 12.2. The van der Waals surface area contributed by atoms with Crippen LogP contribution in [0.3, 0.4) is 0 Å². The summed E-state index contributed by atoms with van der Waals surface area (Å²) in [6.07, 6.45) is 2.15.